The van der Waals surface area contributed by atoms with Crippen LogP contribution in [0.3, 0.4) is 0 Å². The van der Waals surface area contributed by atoms with Crippen molar-refractivity contribution in [1.82, 2.24) is 9.88 Å². The summed E-state index contributed by atoms with van der Waals surface area (Å²) in [4.78, 5) is 28.2. The van der Waals surface area contributed by atoms with Crippen LogP contribution in [0.5, 0.6) is 0 Å². The number of carbonyl (C=O) groups is 2. The number of fused-ring (bicyclic) bond motifs is 1. The molecule has 2 heterocycles. The highest BCUT2D eigenvalue weighted by molar-refractivity contribution is 5.98. The molecule has 5 nitrogen and oxygen atoms in total. The van der Waals surface area contributed by atoms with Gasteiger partial charge in [0.25, 0.3) is 5.91 Å². The van der Waals surface area contributed by atoms with Gasteiger partial charge in [0.05, 0.1) is 5.56 Å². The van der Waals surface area contributed by atoms with Crippen LogP contribution in [0, 0.1) is 0 Å². The molecule has 3 rings (SSSR count). The summed E-state index contributed by atoms with van der Waals surface area (Å²) in [5, 5.41) is 0. The molecule has 1 aromatic heterocycles. The Morgan fingerprint density at radius 1 is 1.10 bits per heavy atom. The van der Waals surface area contributed by atoms with Gasteiger partial charge in [0, 0.05) is 19.3 Å². The van der Waals surface area contributed by atoms with E-state index in [9.17, 15) is 9.59 Å². The molecule has 0 unspecified atom stereocenters. The number of nitrogens with zero attached hydrogens (tertiary/aromatic N) is 1. The van der Waals surface area contributed by atoms with Gasteiger partial charge in [-0.05, 0) is 30.0 Å². The van der Waals surface area contributed by atoms with Crippen molar-refractivity contribution >= 4 is 11.8 Å². The van der Waals surface area contributed by atoms with E-state index in [0.29, 0.717) is 24.3 Å². The van der Waals surface area contributed by atoms with E-state index in [0.717, 1.165) is 12.8 Å². The number of nitrogens with one attached hydrogen (secondary N) is 1. The molecule has 5 heteroatoms. The van der Waals surface area contributed by atoms with Gasteiger partial charge in [-0.1, -0.05) is 24.3 Å². The molecule has 1 aliphatic heterocycles. The number of hydrogen-bond donors (Lipinski definition) is 2. The lowest BCUT2D eigenvalue weighted by Crippen LogP contribution is -2.33. The number of aromatic nitrogens is 1. The summed E-state index contributed by atoms with van der Waals surface area (Å²) < 4.78 is 0. The van der Waals surface area contributed by atoms with Crippen LogP contribution in [0.25, 0.3) is 0 Å². The third kappa shape index (κ3) is 2.67. The molecule has 0 aliphatic carbocycles. The van der Waals surface area contributed by atoms with Crippen LogP contribution < -0.4 is 5.73 Å². The molecule has 3 N–H and O–H groups in total. The normalized spacial score (nSPS) is 14.4. The van der Waals surface area contributed by atoms with Crippen LogP contribution in [0.2, 0.25) is 0 Å². The van der Waals surface area contributed by atoms with E-state index in [2.05, 4.69) is 17.1 Å². The van der Waals surface area contributed by atoms with Crippen LogP contribution in [0.1, 0.15) is 32.0 Å². The molecule has 0 atom stereocenters. The number of rotatable bonds is 2. The molecule has 0 radical (unpaired) electrons. The molecular weight excluding hydrogens is 266 g/mol. The molecule has 108 valence electrons. The minimum Gasteiger partial charge on any atom is -0.366 e. The topological polar surface area (TPSA) is 79.2 Å². The van der Waals surface area contributed by atoms with Gasteiger partial charge < -0.3 is 15.6 Å². The first kappa shape index (κ1) is 13.4. The van der Waals surface area contributed by atoms with Gasteiger partial charge in [-0.15, -0.1) is 0 Å². The fourth-order valence-corrected chi connectivity index (χ4v) is 2.70. The van der Waals surface area contributed by atoms with Gasteiger partial charge in [-0.25, -0.2) is 0 Å². The Balaban J connectivity index is 1.76. The average molecular weight is 283 g/mol. The molecule has 2 aromatic rings. The minimum absolute atomic E-state index is 0.0877. The van der Waals surface area contributed by atoms with Crippen molar-refractivity contribution in [3.05, 3.63) is 58.9 Å². The summed E-state index contributed by atoms with van der Waals surface area (Å²) >= 11 is 0. The maximum absolute atomic E-state index is 12.5. The van der Waals surface area contributed by atoms with Gasteiger partial charge in [-0.2, -0.15) is 0 Å². The number of carbonyl (C=O) groups excluding carboxylic acids is 2. The van der Waals surface area contributed by atoms with E-state index in [-0.39, 0.29) is 5.91 Å². The van der Waals surface area contributed by atoms with E-state index >= 15 is 0 Å². The molecule has 0 bridgehead atoms. The first-order valence-electron chi connectivity index (χ1n) is 6.99. The highest BCUT2D eigenvalue weighted by Crippen LogP contribution is 2.17. The molecule has 0 saturated heterocycles. The zero-order valence-electron chi connectivity index (χ0n) is 11.6. The molecular formula is C16H17N3O2. The summed E-state index contributed by atoms with van der Waals surface area (Å²) in [5.74, 6) is -0.621. The predicted molar refractivity (Wildman–Crippen MR) is 79.1 cm³/mol. The van der Waals surface area contributed by atoms with Gasteiger partial charge in [-0.3, -0.25) is 9.59 Å². The first-order chi connectivity index (χ1) is 10.1. The lowest BCUT2D eigenvalue weighted by molar-refractivity contribution is 0.0758. The second-order valence-electron chi connectivity index (χ2n) is 5.23. The van der Waals surface area contributed by atoms with E-state index < -0.39 is 5.91 Å². The molecule has 0 fully saturated rings. The molecule has 0 spiro atoms. The van der Waals surface area contributed by atoms with Crippen LogP contribution in [-0.4, -0.2) is 34.8 Å². The standard InChI is InChI=1S/C16H17N3O2/c17-15(20)13-9-14(18-10-13)16(21)19-7-5-11-3-1-2-4-12(11)6-8-19/h1-4,9-10,18H,5-8H2,(H2,17,20). The number of nitrogens with two attached hydrogens (primary N) is 1. The minimum atomic E-state index is -0.534. The predicted octanol–water partition coefficient (Wildman–Crippen LogP) is 1.35. The van der Waals surface area contributed by atoms with Crippen LogP contribution in [0.4, 0.5) is 0 Å². The number of hydrogen-bond acceptors (Lipinski definition) is 2. The molecule has 21 heavy (non-hydrogen) atoms. The number of aromatic amines is 1. The molecule has 1 aliphatic rings. The lowest BCUT2D eigenvalue weighted by Gasteiger charge is -2.19. The van der Waals surface area contributed by atoms with Crippen LogP contribution >= 0.6 is 0 Å². The Labute approximate surface area is 122 Å². The van der Waals surface area contributed by atoms with Crippen molar-refractivity contribution < 1.29 is 9.59 Å². The monoisotopic (exact) mass is 283 g/mol. The summed E-state index contributed by atoms with van der Waals surface area (Å²) in [5.41, 5.74) is 8.55. The summed E-state index contributed by atoms with van der Waals surface area (Å²) in [7, 11) is 0. The fourth-order valence-electron chi connectivity index (χ4n) is 2.70. The van der Waals surface area contributed by atoms with Crippen molar-refractivity contribution in [3.63, 3.8) is 0 Å². The Hall–Kier alpha value is -2.56. The van der Waals surface area contributed by atoms with Crippen molar-refractivity contribution in [1.29, 1.82) is 0 Å². The highest BCUT2D eigenvalue weighted by atomic mass is 16.2. The first-order valence-corrected chi connectivity index (χ1v) is 6.99. The van der Waals surface area contributed by atoms with Crippen molar-refractivity contribution in [2.45, 2.75) is 12.8 Å². The van der Waals surface area contributed by atoms with Crippen molar-refractivity contribution in [3.8, 4) is 0 Å². The van der Waals surface area contributed by atoms with Crippen molar-refractivity contribution in [2.75, 3.05) is 13.1 Å². The Morgan fingerprint density at radius 3 is 2.24 bits per heavy atom. The fraction of sp³-hybridized carbons (Fsp3) is 0.250. The second kappa shape index (κ2) is 5.44. The average Bonchev–Trinajstić information content (AvgIpc) is 2.88. The third-order valence-electron chi connectivity index (χ3n) is 3.91. The Kier molecular flexibility index (Phi) is 3.48. The third-order valence-corrected chi connectivity index (χ3v) is 3.91. The van der Waals surface area contributed by atoms with Gasteiger partial charge in [0.2, 0.25) is 5.91 Å². The van der Waals surface area contributed by atoms with Crippen LogP contribution in [0.15, 0.2) is 36.5 Å². The maximum Gasteiger partial charge on any atom is 0.270 e. The van der Waals surface area contributed by atoms with E-state index in [1.165, 1.54) is 23.4 Å². The summed E-state index contributed by atoms with van der Waals surface area (Å²) in [6, 6.07) is 9.80. The second-order valence-corrected chi connectivity index (χ2v) is 5.23. The zero-order chi connectivity index (χ0) is 14.8. The van der Waals surface area contributed by atoms with E-state index in [4.69, 9.17) is 5.73 Å². The number of amides is 2. The maximum atomic E-state index is 12.5. The zero-order valence-corrected chi connectivity index (χ0v) is 11.6. The molecule has 0 saturated carbocycles. The van der Waals surface area contributed by atoms with Gasteiger partial charge >= 0.3 is 0 Å². The van der Waals surface area contributed by atoms with Gasteiger partial charge in [0.15, 0.2) is 0 Å². The SMILES string of the molecule is NC(=O)c1c[nH]c(C(=O)N2CCc3ccccc3CC2)c1. The van der Waals surface area contributed by atoms with Gasteiger partial charge in [0.1, 0.15) is 5.69 Å². The van der Waals surface area contributed by atoms with E-state index in [1.807, 2.05) is 17.0 Å². The Bertz CT molecular complexity index is 663. The summed E-state index contributed by atoms with van der Waals surface area (Å²) in [6.07, 6.45) is 3.18. The highest BCUT2D eigenvalue weighted by Gasteiger charge is 2.21. The molecule has 1 aromatic carbocycles. The van der Waals surface area contributed by atoms with Crippen LogP contribution in [-0.2, 0) is 12.8 Å². The number of primary amides is 1. The molecule has 2 amide bonds. The lowest BCUT2D eigenvalue weighted by atomic mass is 10.0. The number of benzene rings is 1. The summed E-state index contributed by atoms with van der Waals surface area (Å²) in [6.45, 7) is 1.36. The quantitative estimate of drug-likeness (QED) is 0.872. The Morgan fingerprint density at radius 2 is 1.71 bits per heavy atom. The van der Waals surface area contributed by atoms with E-state index in [1.54, 1.807) is 0 Å². The smallest absolute Gasteiger partial charge is 0.270 e. The number of H-pyrrole nitrogens is 1. The largest absolute Gasteiger partial charge is 0.366 e. The van der Waals surface area contributed by atoms with Crippen molar-refractivity contribution in [2.24, 2.45) is 5.73 Å².